The molecule has 2 aliphatic rings. The second-order valence-corrected chi connectivity index (χ2v) is 7.91. The highest BCUT2D eigenvalue weighted by Crippen LogP contribution is 2.27. The van der Waals surface area contributed by atoms with E-state index in [1.165, 1.54) is 17.0 Å². The SMILES string of the molecule is O=C(NCC[C@@H]1CN(Cc2cccs2)Cc2ccnn21)C1CCC1. The zero-order chi connectivity index (χ0) is 16.4. The number of carbonyl (C=O) groups is 1. The average molecular weight is 344 g/mol. The van der Waals surface area contributed by atoms with E-state index in [1.807, 2.05) is 17.5 Å². The Balaban J connectivity index is 1.35. The maximum Gasteiger partial charge on any atom is 0.223 e. The van der Waals surface area contributed by atoms with Crippen molar-refractivity contribution in [1.29, 1.82) is 0 Å². The van der Waals surface area contributed by atoms with Crippen LogP contribution >= 0.6 is 11.3 Å². The Morgan fingerprint density at radius 1 is 1.38 bits per heavy atom. The molecule has 5 nitrogen and oxygen atoms in total. The molecule has 0 bridgehead atoms. The minimum atomic E-state index is 0.244. The highest BCUT2D eigenvalue weighted by atomic mass is 32.1. The van der Waals surface area contributed by atoms with Crippen molar-refractivity contribution >= 4 is 17.2 Å². The van der Waals surface area contributed by atoms with Crippen LogP contribution in [-0.4, -0.2) is 33.7 Å². The molecule has 0 aromatic carbocycles. The van der Waals surface area contributed by atoms with Crippen molar-refractivity contribution in [1.82, 2.24) is 20.0 Å². The summed E-state index contributed by atoms with van der Waals surface area (Å²) in [6, 6.07) is 6.76. The molecule has 1 saturated carbocycles. The molecular weight excluding hydrogens is 320 g/mol. The monoisotopic (exact) mass is 344 g/mol. The lowest BCUT2D eigenvalue weighted by Gasteiger charge is -2.34. The molecule has 4 rings (SSSR count). The van der Waals surface area contributed by atoms with Crippen molar-refractivity contribution in [2.45, 2.75) is 44.8 Å². The van der Waals surface area contributed by atoms with Gasteiger partial charge in [0.15, 0.2) is 0 Å². The van der Waals surface area contributed by atoms with Crippen LogP contribution in [0.15, 0.2) is 29.8 Å². The first kappa shape index (κ1) is 15.8. The van der Waals surface area contributed by atoms with Gasteiger partial charge in [-0.25, -0.2) is 0 Å². The molecule has 0 spiro atoms. The number of hydrogen-bond acceptors (Lipinski definition) is 4. The minimum absolute atomic E-state index is 0.244. The summed E-state index contributed by atoms with van der Waals surface area (Å²) in [5, 5.41) is 9.76. The predicted octanol–water partition coefficient (Wildman–Crippen LogP) is 2.81. The molecule has 0 radical (unpaired) electrons. The van der Waals surface area contributed by atoms with Gasteiger partial charge in [0.05, 0.1) is 11.7 Å². The molecular formula is C18H24N4OS. The molecule has 1 N–H and O–H groups in total. The summed E-state index contributed by atoms with van der Waals surface area (Å²) in [4.78, 5) is 15.9. The third kappa shape index (κ3) is 3.39. The average Bonchev–Trinajstić information content (AvgIpc) is 3.16. The van der Waals surface area contributed by atoms with Gasteiger partial charge in [-0.3, -0.25) is 14.4 Å². The Morgan fingerprint density at radius 3 is 3.04 bits per heavy atom. The van der Waals surface area contributed by atoms with E-state index in [9.17, 15) is 4.79 Å². The number of fused-ring (bicyclic) bond motifs is 1. The number of carbonyl (C=O) groups excluding carboxylic acids is 1. The van der Waals surface area contributed by atoms with E-state index in [0.29, 0.717) is 6.04 Å². The maximum atomic E-state index is 12.0. The number of nitrogens with zero attached hydrogens (tertiary/aromatic N) is 3. The second-order valence-electron chi connectivity index (χ2n) is 6.88. The number of rotatable bonds is 6. The number of amides is 1. The Labute approximate surface area is 146 Å². The first-order valence-electron chi connectivity index (χ1n) is 8.84. The molecule has 2 aromatic rings. The van der Waals surface area contributed by atoms with E-state index in [2.05, 4.69) is 43.6 Å². The number of hydrogen-bond donors (Lipinski definition) is 1. The predicted molar refractivity (Wildman–Crippen MR) is 94.7 cm³/mol. The van der Waals surface area contributed by atoms with Crippen LogP contribution in [0.2, 0.25) is 0 Å². The Morgan fingerprint density at radius 2 is 2.29 bits per heavy atom. The van der Waals surface area contributed by atoms with Crippen LogP contribution in [0.25, 0.3) is 0 Å². The van der Waals surface area contributed by atoms with Crippen LogP contribution in [-0.2, 0) is 17.9 Å². The normalized spacial score (nSPS) is 21.2. The third-order valence-corrected chi connectivity index (χ3v) is 6.03. The lowest BCUT2D eigenvalue weighted by molar-refractivity contribution is -0.127. The fraction of sp³-hybridized carbons (Fsp3) is 0.556. The van der Waals surface area contributed by atoms with E-state index in [0.717, 1.165) is 45.4 Å². The van der Waals surface area contributed by atoms with Gasteiger partial charge in [-0.15, -0.1) is 11.3 Å². The first-order chi connectivity index (χ1) is 11.8. The Bertz CT molecular complexity index is 677. The van der Waals surface area contributed by atoms with Crippen molar-refractivity contribution in [3.63, 3.8) is 0 Å². The summed E-state index contributed by atoms with van der Waals surface area (Å²) in [6.45, 7) is 3.68. The van der Waals surface area contributed by atoms with Crippen LogP contribution in [0, 0.1) is 5.92 Å². The molecule has 128 valence electrons. The highest BCUT2D eigenvalue weighted by molar-refractivity contribution is 7.09. The van der Waals surface area contributed by atoms with Crippen LogP contribution in [0.1, 0.15) is 42.3 Å². The largest absolute Gasteiger partial charge is 0.356 e. The van der Waals surface area contributed by atoms with Crippen molar-refractivity contribution in [3.8, 4) is 0 Å². The van der Waals surface area contributed by atoms with Gasteiger partial charge in [-0.05, 0) is 36.8 Å². The van der Waals surface area contributed by atoms with E-state index >= 15 is 0 Å². The summed E-state index contributed by atoms with van der Waals surface area (Å²) >= 11 is 1.81. The van der Waals surface area contributed by atoms with Gasteiger partial charge in [0.2, 0.25) is 5.91 Å². The smallest absolute Gasteiger partial charge is 0.223 e. The zero-order valence-electron chi connectivity index (χ0n) is 13.9. The summed E-state index contributed by atoms with van der Waals surface area (Å²) in [6.07, 6.45) is 6.16. The van der Waals surface area contributed by atoms with Gasteiger partial charge in [-0.2, -0.15) is 5.10 Å². The number of aromatic nitrogens is 2. The van der Waals surface area contributed by atoms with Crippen LogP contribution in [0.3, 0.4) is 0 Å². The summed E-state index contributed by atoms with van der Waals surface area (Å²) in [5.74, 6) is 0.514. The molecule has 1 atom stereocenters. The van der Waals surface area contributed by atoms with E-state index < -0.39 is 0 Å². The van der Waals surface area contributed by atoms with Gasteiger partial charge >= 0.3 is 0 Å². The zero-order valence-corrected chi connectivity index (χ0v) is 14.7. The molecule has 1 fully saturated rings. The second kappa shape index (κ2) is 7.07. The lowest BCUT2D eigenvalue weighted by Crippen LogP contribution is -2.40. The Kier molecular flexibility index (Phi) is 4.67. The maximum absolute atomic E-state index is 12.0. The van der Waals surface area contributed by atoms with Gasteiger partial charge in [-0.1, -0.05) is 12.5 Å². The van der Waals surface area contributed by atoms with Crippen LogP contribution in [0.4, 0.5) is 0 Å². The van der Waals surface area contributed by atoms with Crippen molar-refractivity contribution in [2.24, 2.45) is 5.92 Å². The summed E-state index contributed by atoms with van der Waals surface area (Å²) in [5.41, 5.74) is 1.27. The van der Waals surface area contributed by atoms with Gasteiger partial charge in [0.1, 0.15) is 0 Å². The third-order valence-electron chi connectivity index (χ3n) is 5.16. The number of thiophene rings is 1. The number of nitrogens with one attached hydrogen (secondary N) is 1. The molecule has 24 heavy (non-hydrogen) atoms. The van der Waals surface area contributed by atoms with Crippen LogP contribution < -0.4 is 5.32 Å². The van der Waals surface area contributed by atoms with E-state index in [4.69, 9.17) is 0 Å². The quantitative estimate of drug-likeness (QED) is 0.877. The molecule has 1 aliphatic carbocycles. The molecule has 2 aromatic heterocycles. The molecule has 1 amide bonds. The topological polar surface area (TPSA) is 50.2 Å². The lowest BCUT2D eigenvalue weighted by atomic mass is 9.85. The molecule has 6 heteroatoms. The van der Waals surface area contributed by atoms with Gasteiger partial charge < -0.3 is 5.32 Å². The minimum Gasteiger partial charge on any atom is -0.356 e. The fourth-order valence-electron chi connectivity index (χ4n) is 3.60. The molecule has 1 aliphatic heterocycles. The molecule has 3 heterocycles. The van der Waals surface area contributed by atoms with E-state index in [1.54, 1.807) is 0 Å². The van der Waals surface area contributed by atoms with Crippen molar-refractivity contribution in [3.05, 3.63) is 40.3 Å². The molecule has 0 saturated heterocycles. The van der Waals surface area contributed by atoms with Crippen molar-refractivity contribution < 1.29 is 4.79 Å². The van der Waals surface area contributed by atoms with Gasteiger partial charge in [0, 0.05) is 43.2 Å². The standard InChI is InChI=1S/C18H24N4OS/c23-18(14-3-1-4-14)19-8-6-15-11-21(13-17-5-2-10-24-17)12-16-7-9-20-22(15)16/h2,5,7,9-10,14-15H,1,3-4,6,8,11-13H2,(H,19,23)/t15-/m1/s1. The fourth-order valence-corrected chi connectivity index (χ4v) is 4.34. The van der Waals surface area contributed by atoms with Crippen molar-refractivity contribution in [2.75, 3.05) is 13.1 Å². The van der Waals surface area contributed by atoms with E-state index in [-0.39, 0.29) is 11.8 Å². The van der Waals surface area contributed by atoms with Gasteiger partial charge in [0.25, 0.3) is 0 Å². The first-order valence-corrected chi connectivity index (χ1v) is 9.72. The van der Waals surface area contributed by atoms with Crippen LogP contribution in [0.5, 0.6) is 0 Å². The summed E-state index contributed by atoms with van der Waals surface area (Å²) < 4.78 is 2.15. The highest BCUT2D eigenvalue weighted by Gasteiger charge is 2.27. The summed E-state index contributed by atoms with van der Waals surface area (Å²) in [7, 11) is 0. The Hall–Kier alpha value is -1.66. The molecule has 0 unspecified atom stereocenters.